The molecule has 6 nitrogen and oxygen atoms in total. The zero-order valence-corrected chi connectivity index (χ0v) is 12.1. The van der Waals surface area contributed by atoms with Crippen molar-refractivity contribution in [2.45, 2.75) is 20.0 Å². The van der Waals surface area contributed by atoms with E-state index in [2.05, 4.69) is 37.2 Å². The monoisotopic (exact) mass is 283 g/mol. The molecule has 21 heavy (non-hydrogen) atoms. The van der Waals surface area contributed by atoms with Crippen molar-refractivity contribution >= 4 is 0 Å². The van der Waals surface area contributed by atoms with E-state index in [4.69, 9.17) is 4.74 Å². The van der Waals surface area contributed by atoms with E-state index in [1.165, 1.54) is 0 Å². The standard InChI is InChI=1S/C15H17N5O/c1-3-19-9-13(18-11-19)10-20-7-6-17-15(20)12-4-5-16-14(8-12)21-2/h4-9,11H,3,10H2,1-2H3. The summed E-state index contributed by atoms with van der Waals surface area (Å²) in [4.78, 5) is 13.0. The number of ether oxygens (including phenoxy) is 1. The van der Waals surface area contributed by atoms with Gasteiger partial charge in [-0.3, -0.25) is 0 Å². The molecule has 3 aromatic heterocycles. The smallest absolute Gasteiger partial charge is 0.213 e. The maximum atomic E-state index is 5.17. The molecule has 0 saturated heterocycles. The lowest BCUT2D eigenvalue weighted by molar-refractivity contribution is 0.398. The summed E-state index contributed by atoms with van der Waals surface area (Å²) in [6.07, 6.45) is 9.36. The molecule has 0 spiro atoms. The molecular weight excluding hydrogens is 266 g/mol. The van der Waals surface area contributed by atoms with Crippen molar-refractivity contribution in [1.29, 1.82) is 0 Å². The quantitative estimate of drug-likeness (QED) is 0.720. The van der Waals surface area contributed by atoms with Crippen LogP contribution in [-0.4, -0.2) is 31.2 Å². The van der Waals surface area contributed by atoms with Gasteiger partial charge in [-0.2, -0.15) is 0 Å². The van der Waals surface area contributed by atoms with Gasteiger partial charge in [0.2, 0.25) is 5.88 Å². The van der Waals surface area contributed by atoms with Crippen LogP contribution in [0.5, 0.6) is 5.88 Å². The highest BCUT2D eigenvalue weighted by Gasteiger charge is 2.09. The molecule has 0 aliphatic heterocycles. The number of pyridine rings is 1. The molecule has 6 heteroatoms. The SMILES string of the molecule is CCn1cnc(Cn2ccnc2-c2ccnc(OC)c2)c1. The fourth-order valence-corrected chi connectivity index (χ4v) is 2.19. The van der Waals surface area contributed by atoms with E-state index in [1.54, 1.807) is 19.5 Å². The second kappa shape index (κ2) is 5.78. The summed E-state index contributed by atoms with van der Waals surface area (Å²) in [5.41, 5.74) is 1.99. The van der Waals surface area contributed by atoms with Gasteiger partial charge in [0.25, 0.3) is 0 Å². The van der Waals surface area contributed by atoms with Crippen molar-refractivity contribution in [2.24, 2.45) is 0 Å². The van der Waals surface area contributed by atoms with E-state index in [9.17, 15) is 0 Å². The Morgan fingerprint density at radius 1 is 1.19 bits per heavy atom. The Kier molecular flexibility index (Phi) is 3.68. The molecule has 0 aromatic carbocycles. The summed E-state index contributed by atoms with van der Waals surface area (Å²) in [5.74, 6) is 1.46. The molecule has 0 atom stereocenters. The largest absolute Gasteiger partial charge is 0.481 e. The Hall–Kier alpha value is -2.63. The highest BCUT2D eigenvalue weighted by atomic mass is 16.5. The number of hydrogen-bond acceptors (Lipinski definition) is 4. The van der Waals surface area contributed by atoms with Gasteiger partial charge in [0.15, 0.2) is 0 Å². The molecule has 0 fully saturated rings. The molecule has 0 bridgehead atoms. The zero-order chi connectivity index (χ0) is 14.7. The van der Waals surface area contributed by atoms with Crippen LogP contribution in [0.25, 0.3) is 11.4 Å². The van der Waals surface area contributed by atoms with Crippen LogP contribution in [0.1, 0.15) is 12.6 Å². The zero-order valence-electron chi connectivity index (χ0n) is 12.1. The molecule has 0 saturated carbocycles. The number of aromatic nitrogens is 5. The average molecular weight is 283 g/mol. The minimum Gasteiger partial charge on any atom is -0.481 e. The van der Waals surface area contributed by atoms with Crippen LogP contribution in [0.3, 0.4) is 0 Å². The molecule has 0 unspecified atom stereocenters. The summed E-state index contributed by atoms with van der Waals surface area (Å²) in [5, 5.41) is 0. The second-order valence-corrected chi connectivity index (χ2v) is 4.66. The van der Waals surface area contributed by atoms with Gasteiger partial charge in [0.1, 0.15) is 5.82 Å². The van der Waals surface area contributed by atoms with Crippen LogP contribution in [0.15, 0.2) is 43.2 Å². The summed E-state index contributed by atoms with van der Waals surface area (Å²) in [6.45, 7) is 3.70. The fourth-order valence-electron chi connectivity index (χ4n) is 2.19. The normalized spacial score (nSPS) is 10.8. The maximum Gasteiger partial charge on any atom is 0.213 e. The number of nitrogens with zero attached hydrogens (tertiary/aromatic N) is 5. The summed E-state index contributed by atoms with van der Waals surface area (Å²) in [7, 11) is 1.61. The third-order valence-corrected chi connectivity index (χ3v) is 3.30. The van der Waals surface area contributed by atoms with Crippen molar-refractivity contribution in [3.8, 4) is 17.3 Å². The lowest BCUT2D eigenvalue weighted by Crippen LogP contribution is -2.02. The molecular formula is C15H17N5O. The topological polar surface area (TPSA) is 57.8 Å². The van der Waals surface area contributed by atoms with Crippen LogP contribution in [0.4, 0.5) is 0 Å². The molecule has 3 aromatic rings. The van der Waals surface area contributed by atoms with Gasteiger partial charge < -0.3 is 13.9 Å². The number of aryl methyl sites for hydroxylation is 1. The second-order valence-electron chi connectivity index (χ2n) is 4.66. The average Bonchev–Trinajstić information content (AvgIpc) is 3.17. The van der Waals surface area contributed by atoms with Gasteiger partial charge in [-0.05, 0) is 13.0 Å². The minimum absolute atomic E-state index is 0.581. The van der Waals surface area contributed by atoms with Gasteiger partial charge in [0.05, 0.1) is 25.7 Å². The molecule has 3 heterocycles. The lowest BCUT2D eigenvalue weighted by atomic mass is 10.2. The van der Waals surface area contributed by atoms with E-state index in [0.717, 1.165) is 23.6 Å². The van der Waals surface area contributed by atoms with Gasteiger partial charge in [-0.15, -0.1) is 0 Å². The van der Waals surface area contributed by atoms with Crippen molar-refractivity contribution < 1.29 is 4.74 Å². The molecule has 0 aliphatic rings. The van der Waals surface area contributed by atoms with E-state index < -0.39 is 0 Å². The molecule has 3 rings (SSSR count). The number of hydrogen-bond donors (Lipinski definition) is 0. The van der Waals surface area contributed by atoms with Gasteiger partial charge >= 0.3 is 0 Å². The fraction of sp³-hybridized carbons (Fsp3) is 0.267. The van der Waals surface area contributed by atoms with Gasteiger partial charge in [-0.25, -0.2) is 15.0 Å². The molecule has 0 radical (unpaired) electrons. The number of rotatable bonds is 5. The summed E-state index contributed by atoms with van der Waals surface area (Å²) >= 11 is 0. The van der Waals surface area contributed by atoms with E-state index in [1.807, 2.05) is 24.7 Å². The third kappa shape index (κ3) is 2.79. The van der Waals surface area contributed by atoms with E-state index in [-0.39, 0.29) is 0 Å². The first kappa shape index (κ1) is 13.4. The Labute approximate surface area is 123 Å². The first-order valence-electron chi connectivity index (χ1n) is 6.82. The highest BCUT2D eigenvalue weighted by molar-refractivity contribution is 5.56. The van der Waals surface area contributed by atoms with Gasteiger partial charge in [0, 0.05) is 43.0 Å². The van der Waals surface area contributed by atoms with Crippen molar-refractivity contribution in [3.05, 3.63) is 48.9 Å². The van der Waals surface area contributed by atoms with E-state index in [0.29, 0.717) is 12.4 Å². The van der Waals surface area contributed by atoms with Crippen LogP contribution >= 0.6 is 0 Å². The van der Waals surface area contributed by atoms with E-state index >= 15 is 0 Å². The lowest BCUT2D eigenvalue weighted by Gasteiger charge is -2.07. The van der Waals surface area contributed by atoms with Gasteiger partial charge in [-0.1, -0.05) is 0 Å². The highest BCUT2D eigenvalue weighted by Crippen LogP contribution is 2.21. The maximum absolute atomic E-state index is 5.17. The first-order chi connectivity index (χ1) is 10.3. The van der Waals surface area contributed by atoms with Crippen LogP contribution < -0.4 is 4.74 Å². The first-order valence-corrected chi connectivity index (χ1v) is 6.82. The summed E-state index contributed by atoms with van der Waals surface area (Å²) in [6, 6.07) is 3.80. The molecule has 0 N–H and O–H groups in total. The Morgan fingerprint density at radius 3 is 2.86 bits per heavy atom. The molecule has 0 amide bonds. The minimum atomic E-state index is 0.581. The molecule has 0 aliphatic carbocycles. The van der Waals surface area contributed by atoms with Crippen LogP contribution in [-0.2, 0) is 13.1 Å². The van der Waals surface area contributed by atoms with Crippen molar-refractivity contribution in [2.75, 3.05) is 7.11 Å². The number of methoxy groups -OCH3 is 1. The van der Waals surface area contributed by atoms with Crippen LogP contribution in [0.2, 0.25) is 0 Å². The Morgan fingerprint density at radius 2 is 2.10 bits per heavy atom. The predicted octanol–water partition coefficient (Wildman–Crippen LogP) is 2.22. The van der Waals surface area contributed by atoms with Crippen LogP contribution in [0, 0.1) is 0 Å². The molecule has 108 valence electrons. The third-order valence-electron chi connectivity index (χ3n) is 3.30. The van der Waals surface area contributed by atoms with Crippen molar-refractivity contribution in [1.82, 2.24) is 24.1 Å². The Bertz CT molecular complexity index is 731. The predicted molar refractivity (Wildman–Crippen MR) is 79.0 cm³/mol. The number of imidazole rings is 2. The summed E-state index contributed by atoms with van der Waals surface area (Å²) < 4.78 is 9.29. The Balaban J connectivity index is 1.89. The van der Waals surface area contributed by atoms with Crippen molar-refractivity contribution in [3.63, 3.8) is 0 Å².